The minimum atomic E-state index is -0.0830. The van der Waals surface area contributed by atoms with E-state index in [1.165, 1.54) is 11.1 Å². The van der Waals surface area contributed by atoms with Crippen molar-refractivity contribution >= 4 is 0 Å². The van der Waals surface area contributed by atoms with Crippen molar-refractivity contribution in [1.29, 1.82) is 0 Å². The Labute approximate surface area is 202 Å². The molecule has 0 radical (unpaired) electrons. The number of hydrogen-bond donors (Lipinski definition) is 2. The standard InChI is InChI=1S/C29H46N2O2/c1-20-14-22(26(32)24(16-20)28(3,4)5)18-30(9)12-11-13-31(10)19-23-15-21(2)17-25(27(23)33)29(6,7)8/h14-17,32-33H,11-13,18-19H2,1-10H3. The van der Waals surface area contributed by atoms with Crippen molar-refractivity contribution in [3.8, 4) is 11.5 Å². The van der Waals surface area contributed by atoms with Gasteiger partial charge in [-0.25, -0.2) is 0 Å². The summed E-state index contributed by atoms with van der Waals surface area (Å²) >= 11 is 0. The molecule has 4 nitrogen and oxygen atoms in total. The second kappa shape index (κ2) is 10.5. The van der Waals surface area contributed by atoms with E-state index in [4.69, 9.17) is 0 Å². The fraction of sp³-hybridized carbons (Fsp3) is 0.586. The summed E-state index contributed by atoms with van der Waals surface area (Å²) < 4.78 is 0. The lowest BCUT2D eigenvalue weighted by Crippen LogP contribution is -2.26. The molecule has 0 unspecified atom stereocenters. The van der Waals surface area contributed by atoms with Crippen LogP contribution >= 0.6 is 0 Å². The van der Waals surface area contributed by atoms with Crippen molar-refractivity contribution in [3.63, 3.8) is 0 Å². The SMILES string of the molecule is Cc1cc(CN(C)CCCN(C)Cc2cc(C)cc(C(C)(C)C)c2O)c(O)c(C(C)(C)C)c1. The molecule has 0 saturated carbocycles. The minimum absolute atomic E-state index is 0.0830. The van der Waals surface area contributed by atoms with Gasteiger partial charge in [-0.1, -0.05) is 76.9 Å². The summed E-state index contributed by atoms with van der Waals surface area (Å²) in [7, 11) is 4.22. The molecule has 0 aliphatic heterocycles. The van der Waals surface area contributed by atoms with E-state index in [0.717, 1.165) is 54.9 Å². The predicted molar refractivity (Wildman–Crippen MR) is 140 cm³/mol. The lowest BCUT2D eigenvalue weighted by Gasteiger charge is -2.26. The first-order chi connectivity index (χ1) is 15.1. The molecule has 2 aromatic carbocycles. The molecule has 0 aliphatic carbocycles. The molecular formula is C29H46N2O2. The molecule has 4 heteroatoms. The van der Waals surface area contributed by atoms with E-state index in [1.807, 2.05) is 0 Å². The van der Waals surface area contributed by atoms with Crippen molar-refractivity contribution in [2.75, 3.05) is 27.2 Å². The molecule has 0 aliphatic rings. The van der Waals surface area contributed by atoms with Gasteiger partial charge in [0.25, 0.3) is 0 Å². The van der Waals surface area contributed by atoms with Crippen molar-refractivity contribution < 1.29 is 10.2 Å². The predicted octanol–water partition coefficient (Wildman–Crippen LogP) is 6.26. The number of phenols is 2. The molecular weight excluding hydrogens is 408 g/mol. The Bertz CT molecular complexity index is 874. The molecule has 0 bridgehead atoms. The highest BCUT2D eigenvalue weighted by molar-refractivity contribution is 5.47. The Morgan fingerprint density at radius 3 is 1.27 bits per heavy atom. The molecule has 33 heavy (non-hydrogen) atoms. The van der Waals surface area contributed by atoms with Gasteiger partial charge in [-0.05, 0) is 69.4 Å². The number of benzene rings is 2. The summed E-state index contributed by atoms with van der Waals surface area (Å²) in [6.45, 7) is 20.4. The number of hydrogen-bond acceptors (Lipinski definition) is 4. The second-order valence-corrected chi connectivity index (χ2v) is 12.0. The van der Waals surface area contributed by atoms with E-state index >= 15 is 0 Å². The van der Waals surface area contributed by atoms with Crippen LogP contribution in [0.15, 0.2) is 24.3 Å². The third-order valence-electron chi connectivity index (χ3n) is 6.24. The van der Waals surface area contributed by atoms with Crippen LogP contribution in [0.1, 0.15) is 81.3 Å². The maximum absolute atomic E-state index is 10.8. The van der Waals surface area contributed by atoms with Gasteiger partial charge < -0.3 is 20.0 Å². The van der Waals surface area contributed by atoms with Gasteiger partial charge in [0, 0.05) is 24.2 Å². The van der Waals surface area contributed by atoms with Crippen molar-refractivity contribution in [2.45, 2.75) is 85.7 Å². The average molecular weight is 455 g/mol. The number of rotatable bonds is 8. The van der Waals surface area contributed by atoms with Crippen LogP contribution in [0.2, 0.25) is 0 Å². The lowest BCUT2D eigenvalue weighted by atomic mass is 9.84. The molecule has 0 spiro atoms. The van der Waals surface area contributed by atoms with Gasteiger partial charge in [-0.15, -0.1) is 0 Å². The molecule has 0 heterocycles. The Hall–Kier alpha value is -2.04. The van der Waals surface area contributed by atoms with Crippen LogP contribution in [-0.4, -0.2) is 47.2 Å². The van der Waals surface area contributed by atoms with E-state index in [1.54, 1.807) is 0 Å². The van der Waals surface area contributed by atoms with Gasteiger partial charge in [0.1, 0.15) is 11.5 Å². The van der Waals surface area contributed by atoms with Crippen molar-refractivity contribution in [1.82, 2.24) is 9.80 Å². The maximum Gasteiger partial charge on any atom is 0.123 e. The van der Waals surface area contributed by atoms with Crippen LogP contribution in [0, 0.1) is 13.8 Å². The molecule has 0 fully saturated rings. The van der Waals surface area contributed by atoms with Gasteiger partial charge in [-0.3, -0.25) is 0 Å². The summed E-state index contributed by atoms with van der Waals surface area (Å²) in [5.41, 5.74) is 6.23. The highest BCUT2D eigenvalue weighted by Gasteiger charge is 2.22. The van der Waals surface area contributed by atoms with Crippen LogP contribution < -0.4 is 0 Å². The molecule has 2 rings (SSSR count). The lowest BCUT2D eigenvalue weighted by molar-refractivity contribution is 0.265. The molecule has 0 atom stereocenters. The normalized spacial score (nSPS) is 12.7. The Balaban J connectivity index is 1.97. The zero-order valence-corrected chi connectivity index (χ0v) is 22.6. The van der Waals surface area contributed by atoms with Crippen LogP contribution in [0.4, 0.5) is 0 Å². The average Bonchev–Trinajstić information content (AvgIpc) is 2.65. The van der Waals surface area contributed by atoms with Crippen LogP contribution in [0.3, 0.4) is 0 Å². The Kier molecular flexibility index (Phi) is 8.64. The third kappa shape index (κ3) is 7.48. The van der Waals surface area contributed by atoms with E-state index in [0.29, 0.717) is 11.5 Å². The Morgan fingerprint density at radius 1 is 0.636 bits per heavy atom. The van der Waals surface area contributed by atoms with Gasteiger partial charge in [0.2, 0.25) is 0 Å². The summed E-state index contributed by atoms with van der Waals surface area (Å²) in [5.74, 6) is 0.864. The molecule has 0 aromatic heterocycles. The van der Waals surface area contributed by atoms with E-state index in [9.17, 15) is 10.2 Å². The van der Waals surface area contributed by atoms with E-state index in [2.05, 4.69) is 104 Å². The molecule has 2 N–H and O–H groups in total. The van der Waals surface area contributed by atoms with Crippen molar-refractivity contribution in [3.05, 3.63) is 57.6 Å². The first-order valence-corrected chi connectivity index (χ1v) is 12.1. The first-order valence-electron chi connectivity index (χ1n) is 12.1. The van der Waals surface area contributed by atoms with Gasteiger partial charge >= 0.3 is 0 Å². The second-order valence-electron chi connectivity index (χ2n) is 12.0. The Morgan fingerprint density at radius 2 is 0.970 bits per heavy atom. The minimum Gasteiger partial charge on any atom is -0.507 e. The van der Waals surface area contributed by atoms with E-state index in [-0.39, 0.29) is 10.8 Å². The van der Waals surface area contributed by atoms with Crippen molar-refractivity contribution in [2.24, 2.45) is 0 Å². The summed E-state index contributed by atoms with van der Waals surface area (Å²) in [5, 5.41) is 21.7. The third-order valence-corrected chi connectivity index (χ3v) is 6.24. The fourth-order valence-electron chi connectivity index (χ4n) is 4.44. The molecule has 184 valence electrons. The zero-order chi connectivity index (χ0) is 25.1. The maximum atomic E-state index is 10.8. The molecule has 0 amide bonds. The number of nitrogens with zero attached hydrogens (tertiary/aromatic N) is 2. The van der Waals surface area contributed by atoms with E-state index < -0.39 is 0 Å². The highest BCUT2D eigenvalue weighted by atomic mass is 16.3. The monoisotopic (exact) mass is 454 g/mol. The first kappa shape index (κ1) is 27.2. The zero-order valence-electron chi connectivity index (χ0n) is 22.6. The van der Waals surface area contributed by atoms with Gasteiger partial charge in [0.05, 0.1) is 0 Å². The number of aryl methyl sites for hydroxylation is 2. The van der Waals surface area contributed by atoms with Crippen LogP contribution in [0.25, 0.3) is 0 Å². The van der Waals surface area contributed by atoms with Crippen LogP contribution in [-0.2, 0) is 23.9 Å². The molecule has 2 aromatic rings. The number of aromatic hydroxyl groups is 2. The van der Waals surface area contributed by atoms with Gasteiger partial charge in [0.15, 0.2) is 0 Å². The van der Waals surface area contributed by atoms with Crippen LogP contribution in [0.5, 0.6) is 11.5 Å². The summed E-state index contributed by atoms with van der Waals surface area (Å²) in [6.07, 6.45) is 1.02. The fourth-order valence-corrected chi connectivity index (χ4v) is 4.44. The molecule has 0 saturated heterocycles. The highest BCUT2D eigenvalue weighted by Crippen LogP contribution is 2.36. The van der Waals surface area contributed by atoms with Gasteiger partial charge in [-0.2, -0.15) is 0 Å². The largest absolute Gasteiger partial charge is 0.507 e. The smallest absolute Gasteiger partial charge is 0.123 e. The topological polar surface area (TPSA) is 46.9 Å². The summed E-state index contributed by atoms with van der Waals surface area (Å²) in [4.78, 5) is 4.55. The quantitative estimate of drug-likeness (QED) is 0.494. The summed E-state index contributed by atoms with van der Waals surface area (Å²) in [6, 6.07) is 8.39. The number of phenolic OH excluding ortho intramolecular Hbond substituents is 2.